The van der Waals surface area contributed by atoms with Gasteiger partial charge in [-0.3, -0.25) is 9.09 Å². The Morgan fingerprint density at radius 2 is 1.46 bits per heavy atom. The molecule has 0 radical (unpaired) electrons. The summed E-state index contributed by atoms with van der Waals surface area (Å²) in [6.07, 6.45) is 2.28. The van der Waals surface area contributed by atoms with Crippen LogP contribution in [-0.2, 0) is 9.26 Å². The lowest BCUT2D eigenvalue weighted by atomic mass is 10.2. The average molecular weight is 539 g/mol. The van der Waals surface area contributed by atoms with E-state index in [0.29, 0.717) is 35.8 Å². The number of ether oxygens (including phenoxy) is 3. The minimum Gasteiger partial charge on any atom is -0.497 e. The second-order valence-electron chi connectivity index (χ2n) is 7.49. The number of nitrogens with two attached hydrogens (primary N) is 1. The third-order valence-electron chi connectivity index (χ3n) is 5.09. The van der Waals surface area contributed by atoms with Crippen LogP contribution in [0.1, 0.15) is 19.1 Å². The predicted octanol–water partition coefficient (Wildman–Crippen LogP) is 4.80. The number of nitrogens with zero attached hydrogens (tertiary/aromatic N) is 2. The van der Waals surface area contributed by atoms with E-state index in [1.54, 1.807) is 75.0 Å². The van der Waals surface area contributed by atoms with Crippen molar-refractivity contribution in [3.63, 3.8) is 0 Å². The fourth-order valence-corrected chi connectivity index (χ4v) is 4.34. The molecule has 1 aliphatic heterocycles. The Morgan fingerprint density at radius 3 is 1.95 bits per heavy atom. The molecular formula is C24H28F2N3O7P. The summed E-state index contributed by atoms with van der Waals surface area (Å²) >= 11 is 0. The monoisotopic (exact) mass is 539 g/mol. The summed E-state index contributed by atoms with van der Waals surface area (Å²) in [5, 5.41) is 0. The molecule has 2 unspecified atom stereocenters. The van der Waals surface area contributed by atoms with Crippen LogP contribution in [0.5, 0.6) is 23.0 Å². The number of alkyl halides is 2. The Labute approximate surface area is 213 Å². The van der Waals surface area contributed by atoms with Gasteiger partial charge in [0.1, 0.15) is 35.0 Å². The lowest BCUT2D eigenvalue weighted by Gasteiger charge is -2.20. The van der Waals surface area contributed by atoms with Gasteiger partial charge in [0.2, 0.25) is 6.93 Å². The van der Waals surface area contributed by atoms with E-state index in [2.05, 4.69) is 4.98 Å². The van der Waals surface area contributed by atoms with Gasteiger partial charge < -0.3 is 29.0 Å². The van der Waals surface area contributed by atoms with Crippen LogP contribution < -0.4 is 29.9 Å². The third-order valence-corrected chi connectivity index (χ3v) is 6.17. The van der Waals surface area contributed by atoms with Gasteiger partial charge in [0, 0.05) is 6.20 Å². The molecule has 37 heavy (non-hydrogen) atoms. The van der Waals surface area contributed by atoms with Gasteiger partial charge in [-0.15, -0.1) is 0 Å². The zero-order valence-corrected chi connectivity index (χ0v) is 21.2. The van der Waals surface area contributed by atoms with E-state index in [-0.39, 0.29) is 18.5 Å². The molecule has 13 heteroatoms. The molecule has 1 fully saturated rings. The van der Waals surface area contributed by atoms with Gasteiger partial charge in [0.25, 0.3) is 0 Å². The van der Waals surface area contributed by atoms with E-state index >= 15 is 0 Å². The van der Waals surface area contributed by atoms with Crippen molar-refractivity contribution >= 4 is 14.4 Å². The van der Waals surface area contributed by atoms with Crippen LogP contribution in [0.3, 0.4) is 0 Å². The Balaban J connectivity index is 0.00000121. The number of nitrogen functional groups attached to an aromatic ring is 1. The first-order valence-corrected chi connectivity index (χ1v) is 12.2. The quantitative estimate of drug-likeness (QED) is 0.363. The first kappa shape index (κ1) is 28.1. The molecule has 0 aliphatic carbocycles. The second kappa shape index (κ2) is 14.3. The highest BCUT2D eigenvalue weighted by atomic mass is 31.2. The number of benzene rings is 2. The Hall–Kier alpha value is -3.47. The summed E-state index contributed by atoms with van der Waals surface area (Å²) in [5.74, 6) is 2.75. The number of methoxy groups -OCH3 is 2. The Kier molecular flexibility index (Phi) is 10.9. The predicted molar refractivity (Wildman–Crippen MR) is 133 cm³/mol. The Bertz CT molecular complexity index is 1100. The summed E-state index contributed by atoms with van der Waals surface area (Å²) < 4.78 is 55.0. The van der Waals surface area contributed by atoms with E-state index in [1.165, 1.54) is 4.57 Å². The number of aromatic nitrogens is 2. The molecule has 1 saturated heterocycles. The molecule has 0 saturated carbocycles. The molecule has 1 aromatic heterocycles. The molecule has 2 N–H and O–H groups in total. The van der Waals surface area contributed by atoms with Gasteiger partial charge in [-0.25, -0.2) is 13.6 Å². The summed E-state index contributed by atoms with van der Waals surface area (Å²) in [7, 11) is 1.40. The van der Waals surface area contributed by atoms with Gasteiger partial charge >= 0.3 is 14.3 Å². The van der Waals surface area contributed by atoms with E-state index < -0.39 is 27.4 Å². The van der Waals surface area contributed by atoms with Crippen LogP contribution in [0.4, 0.5) is 14.6 Å². The maximum absolute atomic E-state index is 12.1. The maximum atomic E-state index is 12.1. The zero-order chi connectivity index (χ0) is 26.6. The highest BCUT2D eigenvalue weighted by molar-refractivity contribution is 7.42. The Morgan fingerprint density at radius 1 is 0.946 bits per heavy atom. The van der Waals surface area contributed by atoms with E-state index in [9.17, 15) is 13.6 Å². The van der Waals surface area contributed by atoms with Gasteiger partial charge in [-0.1, -0.05) is 0 Å². The fraction of sp³-hybridized carbons (Fsp3) is 0.333. The maximum Gasteiger partial charge on any atom is 0.463 e. The van der Waals surface area contributed by atoms with Gasteiger partial charge in [0.05, 0.1) is 26.9 Å². The number of rotatable bonds is 10. The summed E-state index contributed by atoms with van der Waals surface area (Å²) in [5.41, 5.74) is 5.12. The molecule has 2 atom stereocenters. The topological polar surface area (TPSA) is 116 Å². The minimum atomic E-state index is -1.80. The van der Waals surface area contributed by atoms with Crippen LogP contribution in [0.25, 0.3) is 0 Å². The number of hydrogen-bond donors (Lipinski definition) is 1. The summed E-state index contributed by atoms with van der Waals surface area (Å²) in [6, 6.07) is 15.8. The van der Waals surface area contributed by atoms with Crippen molar-refractivity contribution in [1.82, 2.24) is 9.55 Å². The average Bonchev–Trinajstić information content (AvgIpc) is 3.37. The van der Waals surface area contributed by atoms with Crippen molar-refractivity contribution in [1.29, 1.82) is 0 Å². The first-order valence-electron chi connectivity index (χ1n) is 11.1. The summed E-state index contributed by atoms with van der Waals surface area (Å²) in [4.78, 5) is 15.9. The van der Waals surface area contributed by atoms with Crippen molar-refractivity contribution in [3.05, 3.63) is 71.3 Å². The van der Waals surface area contributed by atoms with Crippen LogP contribution in [0, 0.1) is 0 Å². The zero-order valence-electron chi connectivity index (χ0n) is 20.3. The molecule has 4 rings (SSSR count). The van der Waals surface area contributed by atoms with Crippen molar-refractivity contribution in [2.45, 2.75) is 25.2 Å². The lowest BCUT2D eigenvalue weighted by molar-refractivity contribution is -0.0210. The minimum absolute atomic E-state index is 0.177. The molecule has 2 heterocycles. The van der Waals surface area contributed by atoms with Gasteiger partial charge in [0.15, 0.2) is 0 Å². The first-order chi connectivity index (χ1) is 17.9. The molecule has 10 nitrogen and oxygen atoms in total. The molecule has 0 amide bonds. The highest BCUT2D eigenvalue weighted by Gasteiger charge is 2.30. The second-order valence-corrected chi connectivity index (χ2v) is 8.56. The molecule has 2 aromatic carbocycles. The third kappa shape index (κ3) is 8.56. The molecule has 0 spiro atoms. The standard InChI is InChI=1S/C23H26N3O7P.CH2F2/c1-28-16-3-7-18(8-4-16)32-34(33-19-9-5-17(29-2)6-10-19)30-15-20-11-12-22(31-20)26-14-13-21(24)25-23(26)27;2-1-3/h3-10,13-14,20,22H,11-12,15H2,1-2H3,(H2,24,25,27);1H2. The van der Waals surface area contributed by atoms with Crippen molar-refractivity contribution in [3.8, 4) is 23.0 Å². The van der Waals surface area contributed by atoms with Crippen LogP contribution in [0.15, 0.2) is 65.6 Å². The van der Waals surface area contributed by atoms with E-state index in [0.717, 1.165) is 0 Å². The van der Waals surface area contributed by atoms with Crippen molar-refractivity contribution in [2.24, 2.45) is 0 Å². The van der Waals surface area contributed by atoms with Crippen molar-refractivity contribution < 1.29 is 36.6 Å². The van der Waals surface area contributed by atoms with E-state index in [1.807, 2.05) is 0 Å². The highest BCUT2D eigenvalue weighted by Crippen LogP contribution is 2.43. The van der Waals surface area contributed by atoms with Crippen molar-refractivity contribution in [2.75, 3.05) is 33.5 Å². The summed E-state index contributed by atoms with van der Waals surface area (Å²) in [6.45, 7) is -1.52. The number of halogens is 2. The van der Waals surface area contributed by atoms with Gasteiger partial charge in [-0.05, 0) is 67.4 Å². The smallest absolute Gasteiger partial charge is 0.463 e. The normalized spacial score (nSPS) is 16.6. The van der Waals surface area contributed by atoms with Crippen LogP contribution in [-0.4, -0.2) is 43.4 Å². The molecule has 3 aromatic rings. The molecule has 0 bridgehead atoms. The number of anilines is 1. The largest absolute Gasteiger partial charge is 0.497 e. The number of hydrogen-bond acceptors (Lipinski definition) is 9. The molecule has 200 valence electrons. The molecular weight excluding hydrogens is 511 g/mol. The van der Waals surface area contributed by atoms with Gasteiger partial charge in [-0.2, -0.15) is 4.98 Å². The molecule has 1 aliphatic rings. The SMILES string of the molecule is COc1ccc(OP(OCC2CCC(n3ccc(N)nc3=O)O2)Oc2ccc(OC)cc2)cc1.FCF. The van der Waals surface area contributed by atoms with E-state index in [4.69, 9.17) is 33.5 Å². The lowest BCUT2D eigenvalue weighted by Crippen LogP contribution is -2.27. The fourth-order valence-electron chi connectivity index (χ4n) is 3.32. The van der Waals surface area contributed by atoms with Crippen LogP contribution in [0.2, 0.25) is 0 Å². The van der Waals surface area contributed by atoms with Crippen LogP contribution >= 0.6 is 8.60 Å².